The molecule has 1 atom stereocenters. The van der Waals surface area contributed by atoms with Gasteiger partial charge in [0, 0.05) is 30.5 Å². The lowest BCUT2D eigenvalue weighted by atomic mass is 10.2. The molecule has 0 bridgehead atoms. The minimum Gasteiger partial charge on any atom is -0.481 e. The average Bonchev–Trinajstić information content (AvgIpc) is 2.29. The molecule has 0 aromatic carbocycles. The Balaban J connectivity index is 2.37. The molecule has 0 saturated heterocycles. The van der Waals surface area contributed by atoms with E-state index >= 15 is 0 Å². The van der Waals surface area contributed by atoms with Crippen molar-refractivity contribution in [3.63, 3.8) is 0 Å². The van der Waals surface area contributed by atoms with Gasteiger partial charge in [-0.05, 0) is 18.9 Å². The number of anilines is 1. The first-order valence-electron chi connectivity index (χ1n) is 5.25. The molecule has 0 radical (unpaired) electrons. The van der Waals surface area contributed by atoms with E-state index in [1.54, 1.807) is 13.3 Å². The molecule has 0 spiro atoms. The van der Waals surface area contributed by atoms with Gasteiger partial charge in [-0.3, -0.25) is 0 Å². The summed E-state index contributed by atoms with van der Waals surface area (Å²) in [5.74, 6) is 0.625. The molecule has 4 heteroatoms. The minimum absolute atomic E-state index is 0.279. The number of nitrogens with two attached hydrogens (primary N) is 1. The van der Waals surface area contributed by atoms with E-state index in [1.165, 1.54) is 0 Å². The van der Waals surface area contributed by atoms with E-state index in [1.807, 2.05) is 12.1 Å². The Kier molecular flexibility index (Phi) is 4.90. The maximum absolute atomic E-state index is 5.82. The highest BCUT2D eigenvalue weighted by molar-refractivity contribution is 5.44. The smallest absolute Gasteiger partial charge is 0.214 e. The van der Waals surface area contributed by atoms with Crippen molar-refractivity contribution in [1.82, 2.24) is 4.98 Å². The highest BCUT2D eigenvalue weighted by Gasteiger charge is 1.99. The summed E-state index contributed by atoms with van der Waals surface area (Å²) in [5.41, 5.74) is 6.83. The zero-order chi connectivity index (χ0) is 11.1. The van der Waals surface area contributed by atoms with Gasteiger partial charge in [0.1, 0.15) is 0 Å². The van der Waals surface area contributed by atoms with Crippen LogP contribution >= 0.6 is 0 Å². The molecule has 0 amide bonds. The summed E-state index contributed by atoms with van der Waals surface area (Å²) in [6, 6.07) is 4.07. The summed E-state index contributed by atoms with van der Waals surface area (Å²) in [7, 11) is 1.61. The quantitative estimate of drug-likeness (QED) is 0.747. The van der Waals surface area contributed by atoms with Crippen molar-refractivity contribution in [1.29, 1.82) is 0 Å². The Morgan fingerprint density at radius 3 is 3.07 bits per heavy atom. The number of methoxy groups -OCH3 is 1. The third kappa shape index (κ3) is 4.16. The van der Waals surface area contributed by atoms with Crippen LogP contribution in [0.3, 0.4) is 0 Å². The van der Waals surface area contributed by atoms with Crippen LogP contribution in [-0.4, -0.2) is 24.7 Å². The van der Waals surface area contributed by atoms with Gasteiger partial charge in [-0.1, -0.05) is 6.92 Å². The molecule has 0 aliphatic carbocycles. The van der Waals surface area contributed by atoms with Crippen molar-refractivity contribution in [3.8, 4) is 5.88 Å². The zero-order valence-corrected chi connectivity index (χ0v) is 9.36. The molecule has 3 N–H and O–H groups in total. The standard InChI is InChI=1S/C11H19N3O/c1-3-9(12)4-6-13-10-5-7-14-11(8-10)15-2/h5,7-9H,3-4,6,12H2,1-2H3,(H,13,14). The van der Waals surface area contributed by atoms with Crippen molar-refractivity contribution >= 4 is 5.69 Å². The molecule has 15 heavy (non-hydrogen) atoms. The zero-order valence-electron chi connectivity index (χ0n) is 9.36. The molecule has 84 valence electrons. The van der Waals surface area contributed by atoms with Gasteiger partial charge < -0.3 is 15.8 Å². The van der Waals surface area contributed by atoms with Gasteiger partial charge in [0.2, 0.25) is 5.88 Å². The number of pyridine rings is 1. The summed E-state index contributed by atoms with van der Waals surface area (Å²) in [6.07, 6.45) is 3.71. The second-order valence-corrected chi connectivity index (χ2v) is 3.47. The first kappa shape index (κ1) is 11.8. The normalized spacial score (nSPS) is 12.2. The number of aromatic nitrogens is 1. The number of rotatable bonds is 6. The monoisotopic (exact) mass is 209 g/mol. The van der Waals surface area contributed by atoms with Crippen LogP contribution in [0.15, 0.2) is 18.3 Å². The van der Waals surface area contributed by atoms with Crippen molar-refractivity contribution < 1.29 is 4.74 Å². The van der Waals surface area contributed by atoms with Crippen LogP contribution in [-0.2, 0) is 0 Å². The number of ether oxygens (including phenoxy) is 1. The SMILES string of the molecule is CCC(N)CCNc1ccnc(OC)c1. The van der Waals surface area contributed by atoms with Crippen molar-refractivity contribution in [2.45, 2.75) is 25.8 Å². The summed E-state index contributed by atoms with van der Waals surface area (Å²) in [6.45, 7) is 2.97. The van der Waals surface area contributed by atoms with Crippen LogP contribution in [0.2, 0.25) is 0 Å². The molecule has 0 aliphatic rings. The first-order valence-corrected chi connectivity index (χ1v) is 5.25. The number of hydrogen-bond donors (Lipinski definition) is 2. The lowest BCUT2D eigenvalue weighted by molar-refractivity contribution is 0.398. The Bertz CT molecular complexity index is 291. The molecule has 0 aliphatic heterocycles. The second-order valence-electron chi connectivity index (χ2n) is 3.47. The number of hydrogen-bond acceptors (Lipinski definition) is 4. The lowest BCUT2D eigenvalue weighted by Gasteiger charge is -2.10. The van der Waals surface area contributed by atoms with Gasteiger partial charge in [0.05, 0.1) is 7.11 Å². The van der Waals surface area contributed by atoms with Crippen molar-refractivity contribution in [3.05, 3.63) is 18.3 Å². The highest BCUT2D eigenvalue weighted by atomic mass is 16.5. The molecular weight excluding hydrogens is 190 g/mol. The maximum Gasteiger partial charge on any atom is 0.214 e. The Labute approximate surface area is 90.8 Å². The Morgan fingerprint density at radius 2 is 2.40 bits per heavy atom. The van der Waals surface area contributed by atoms with Gasteiger partial charge >= 0.3 is 0 Å². The maximum atomic E-state index is 5.82. The van der Waals surface area contributed by atoms with E-state index in [9.17, 15) is 0 Å². The van der Waals surface area contributed by atoms with E-state index in [4.69, 9.17) is 10.5 Å². The van der Waals surface area contributed by atoms with E-state index in [-0.39, 0.29) is 6.04 Å². The van der Waals surface area contributed by atoms with Crippen LogP contribution in [0, 0.1) is 0 Å². The fraction of sp³-hybridized carbons (Fsp3) is 0.545. The highest BCUT2D eigenvalue weighted by Crippen LogP contribution is 2.13. The molecule has 1 heterocycles. The summed E-state index contributed by atoms with van der Waals surface area (Å²) >= 11 is 0. The van der Waals surface area contributed by atoms with Gasteiger partial charge in [-0.25, -0.2) is 4.98 Å². The average molecular weight is 209 g/mol. The summed E-state index contributed by atoms with van der Waals surface area (Å²) in [4.78, 5) is 4.03. The van der Waals surface area contributed by atoms with Crippen LogP contribution in [0.25, 0.3) is 0 Å². The summed E-state index contributed by atoms with van der Waals surface area (Å²) in [5, 5.41) is 3.28. The van der Waals surface area contributed by atoms with Gasteiger partial charge in [-0.15, -0.1) is 0 Å². The van der Waals surface area contributed by atoms with Gasteiger partial charge in [-0.2, -0.15) is 0 Å². The van der Waals surface area contributed by atoms with Gasteiger partial charge in [0.25, 0.3) is 0 Å². The molecule has 1 aromatic heterocycles. The molecule has 0 saturated carbocycles. The van der Waals surface area contributed by atoms with Crippen molar-refractivity contribution in [2.75, 3.05) is 19.0 Å². The molecule has 1 unspecified atom stereocenters. The predicted molar refractivity (Wildman–Crippen MR) is 62.2 cm³/mol. The van der Waals surface area contributed by atoms with E-state index in [2.05, 4.69) is 17.2 Å². The Hall–Kier alpha value is -1.29. The van der Waals surface area contributed by atoms with Gasteiger partial charge in [0.15, 0.2) is 0 Å². The Morgan fingerprint density at radius 1 is 1.60 bits per heavy atom. The van der Waals surface area contributed by atoms with Crippen LogP contribution in [0.5, 0.6) is 5.88 Å². The predicted octanol–water partition coefficient (Wildman–Crippen LogP) is 1.63. The molecular formula is C11H19N3O. The second kappa shape index (κ2) is 6.24. The first-order chi connectivity index (χ1) is 7.26. The van der Waals surface area contributed by atoms with Crippen LogP contribution in [0.4, 0.5) is 5.69 Å². The van der Waals surface area contributed by atoms with Crippen molar-refractivity contribution in [2.24, 2.45) is 5.73 Å². The van der Waals surface area contributed by atoms with E-state index in [0.717, 1.165) is 25.1 Å². The molecule has 1 aromatic rings. The topological polar surface area (TPSA) is 60.2 Å². The largest absolute Gasteiger partial charge is 0.481 e. The van der Waals surface area contributed by atoms with Crippen LogP contribution < -0.4 is 15.8 Å². The summed E-state index contributed by atoms with van der Waals surface area (Å²) < 4.78 is 5.03. The van der Waals surface area contributed by atoms with Crippen LogP contribution in [0.1, 0.15) is 19.8 Å². The number of nitrogens with zero attached hydrogens (tertiary/aromatic N) is 1. The van der Waals surface area contributed by atoms with E-state index in [0.29, 0.717) is 5.88 Å². The lowest BCUT2D eigenvalue weighted by Crippen LogP contribution is -2.22. The molecule has 1 rings (SSSR count). The van der Waals surface area contributed by atoms with E-state index < -0.39 is 0 Å². The third-order valence-electron chi connectivity index (χ3n) is 2.31. The minimum atomic E-state index is 0.279. The fourth-order valence-corrected chi connectivity index (χ4v) is 1.24. The molecule has 4 nitrogen and oxygen atoms in total. The fourth-order valence-electron chi connectivity index (χ4n) is 1.24. The number of nitrogens with one attached hydrogen (secondary N) is 1. The third-order valence-corrected chi connectivity index (χ3v) is 2.31. The molecule has 0 fully saturated rings.